The maximum Gasteiger partial charge on any atom is 0.340 e. The van der Waals surface area contributed by atoms with Gasteiger partial charge in [-0.3, -0.25) is 0 Å². The van der Waals surface area contributed by atoms with Gasteiger partial charge in [0.15, 0.2) is 22.5 Å². The van der Waals surface area contributed by atoms with Crippen LogP contribution in [0.5, 0.6) is 17.2 Å². The van der Waals surface area contributed by atoms with E-state index in [2.05, 4.69) is 14.8 Å². The molecule has 0 N–H and O–H groups in total. The molecule has 4 bridgehead atoms. The smallest absolute Gasteiger partial charge is 0.340 e. The van der Waals surface area contributed by atoms with E-state index < -0.39 is 23.9 Å². The van der Waals surface area contributed by atoms with Crippen molar-refractivity contribution in [1.29, 1.82) is 0 Å². The molecule has 1 saturated heterocycles. The molecule has 224 valence electrons. The quantitative estimate of drug-likeness (QED) is 0.378. The highest BCUT2D eigenvalue weighted by Crippen LogP contribution is 2.39. The SMILES string of the molecule is COc1cc2cc(c1OC)OCCCC(OC(=O)c1cnc(Cl)c(F)c1)CCN1CCCN(CCCOC2=O)CC1. The summed E-state index contributed by atoms with van der Waals surface area (Å²) in [5, 5.41) is -0.301. The van der Waals surface area contributed by atoms with Crippen LogP contribution in [0.15, 0.2) is 24.4 Å². The minimum absolute atomic E-state index is 0.00428. The highest BCUT2D eigenvalue weighted by molar-refractivity contribution is 6.29. The number of hydrogen-bond acceptors (Lipinski definition) is 10. The first-order chi connectivity index (χ1) is 19.9. The van der Waals surface area contributed by atoms with Crippen molar-refractivity contribution in [3.8, 4) is 17.2 Å². The average Bonchev–Trinajstić information content (AvgIpc) is 3.21. The number of nitrogens with zero attached hydrogens (tertiary/aromatic N) is 3. The number of cyclic esters (lactones) is 1. The van der Waals surface area contributed by atoms with Crippen molar-refractivity contribution in [2.75, 3.05) is 66.7 Å². The normalized spacial score (nSPS) is 22.6. The van der Waals surface area contributed by atoms with Gasteiger partial charge in [-0.25, -0.2) is 19.0 Å². The van der Waals surface area contributed by atoms with Gasteiger partial charge in [-0.2, -0.15) is 0 Å². The summed E-state index contributed by atoms with van der Waals surface area (Å²) >= 11 is 5.67. The average molecular weight is 594 g/mol. The maximum absolute atomic E-state index is 13.9. The zero-order valence-electron chi connectivity index (χ0n) is 23.5. The molecule has 3 unspecified atom stereocenters. The van der Waals surface area contributed by atoms with Crippen LogP contribution < -0.4 is 14.2 Å². The fourth-order valence-corrected chi connectivity index (χ4v) is 5.10. The predicted octanol–water partition coefficient (Wildman–Crippen LogP) is 4.23. The van der Waals surface area contributed by atoms with E-state index in [1.807, 2.05) is 0 Å². The summed E-state index contributed by atoms with van der Waals surface area (Å²) in [5.74, 6) is -0.831. The first kappa shape index (κ1) is 30.8. The fraction of sp³-hybridized carbons (Fsp3) is 0.552. The second-order valence-electron chi connectivity index (χ2n) is 10.0. The lowest BCUT2D eigenvalue weighted by Gasteiger charge is -2.24. The largest absolute Gasteiger partial charge is 0.493 e. The van der Waals surface area contributed by atoms with Crippen molar-refractivity contribution < 1.29 is 37.7 Å². The molecule has 1 aromatic carbocycles. The summed E-state index contributed by atoms with van der Waals surface area (Å²) in [4.78, 5) is 34.2. The Labute approximate surface area is 244 Å². The Balaban J connectivity index is 1.51. The summed E-state index contributed by atoms with van der Waals surface area (Å²) in [6, 6.07) is 4.19. The summed E-state index contributed by atoms with van der Waals surface area (Å²) < 4.78 is 42.2. The maximum atomic E-state index is 13.9. The monoisotopic (exact) mass is 593 g/mol. The van der Waals surface area contributed by atoms with Crippen LogP contribution >= 0.6 is 11.6 Å². The molecule has 3 heterocycles. The number of ether oxygens (including phenoxy) is 5. The third kappa shape index (κ3) is 8.67. The Morgan fingerprint density at radius 3 is 2.41 bits per heavy atom. The van der Waals surface area contributed by atoms with Gasteiger partial charge >= 0.3 is 11.9 Å². The van der Waals surface area contributed by atoms with Gasteiger partial charge < -0.3 is 33.5 Å². The molecule has 3 atom stereocenters. The van der Waals surface area contributed by atoms with E-state index in [1.54, 1.807) is 12.1 Å². The molecule has 0 saturated carbocycles. The van der Waals surface area contributed by atoms with Gasteiger partial charge in [-0.05, 0) is 63.4 Å². The van der Waals surface area contributed by atoms with Crippen molar-refractivity contribution >= 4 is 23.5 Å². The molecule has 2 aromatic rings. The van der Waals surface area contributed by atoms with Crippen LogP contribution in [-0.2, 0) is 9.47 Å². The number of pyridine rings is 1. The van der Waals surface area contributed by atoms with Gasteiger partial charge in [0.05, 0.1) is 38.6 Å². The minimum atomic E-state index is -0.778. The number of hydrogen-bond donors (Lipinski definition) is 0. The van der Waals surface area contributed by atoms with Gasteiger partial charge in [-0.15, -0.1) is 0 Å². The number of benzene rings is 1. The van der Waals surface area contributed by atoms with Gasteiger partial charge in [0.1, 0.15) is 6.10 Å². The van der Waals surface area contributed by atoms with E-state index in [1.165, 1.54) is 20.4 Å². The van der Waals surface area contributed by atoms with Crippen molar-refractivity contribution in [1.82, 2.24) is 14.8 Å². The van der Waals surface area contributed by atoms with Crippen LogP contribution in [0.2, 0.25) is 5.15 Å². The molecule has 1 aromatic heterocycles. The van der Waals surface area contributed by atoms with Crippen LogP contribution in [-0.4, -0.2) is 99.5 Å². The molecule has 41 heavy (non-hydrogen) atoms. The van der Waals surface area contributed by atoms with Crippen molar-refractivity contribution in [3.63, 3.8) is 0 Å². The third-order valence-electron chi connectivity index (χ3n) is 7.21. The topological polar surface area (TPSA) is 99.7 Å². The van der Waals surface area contributed by atoms with E-state index in [-0.39, 0.29) is 17.3 Å². The van der Waals surface area contributed by atoms with Crippen molar-refractivity contribution in [2.24, 2.45) is 0 Å². The lowest BCUT2D eigenvalue weighted by Crippen LogP contribution is -2.34. The molecule has 2 aliphatic rings. The summed E-state index contributed by atoms with van der Waals surface area (Å²) in [6.45, 7) is 5.86. The Kier molecular flexibility index (Phi) is 11.4. The molecule has 2 aliphatic heterocycles. The van der Waals surface area contributed by atoms with Crippen LogP contribution in [0, 0.1) is 5.82 Å². The minimum Gasteiger partial charge on any atom is -0.493 e. The molecule has 0 radical (unpaired) electrons. The number of carbonyl (C=O) groups excluding carboxylic acids is 2. The first-order valence-electron chi connectivity index (χ1n) is 13.9. The second-order valence-corrected chi connectivity index (χ2v) is 10.4. The number of aromatic nitrogens is 1. The number of esters is 2. The molecule has 4 rings (SSSR count). The van der Waals surface area contributed by atoms with Gasteiger partial charge in [0.25, 0.3) is 0 Å². The Hall–Kier alpha value is -3.15. The second kappa shape index (κ2) is 15.2. The van der Waals surface area contributed by atoms with Gasteiger partial charge in [-0.1, -0.05) is 11.6 Å². The number of halogens is 2. The summed E-state index contributed by atoms with van der Waals surface area (Å²) in [7, 11) is 2.98. The zero-order chi connectivity index (χ0) is 29.2. The van der Waals surface area contributed by atoms with Gasteiger partial charge in [0.2, 0.25) is 5.75 Å². The number of rotatable bonds is 4. The van der Waals surface area contributed by atoms with E-state index >= 15 is 0 Å². The fourth-order valence-electron chi connectivity index (χ4n) is 5.00. The van der Waals surface area contributed by atoms with Crippen LogP contribution in [0.4, 0.5) is 4.39 Å². The van der Waals surface area contributed by atoms with E-state index in [9.17, 15) is 14.0 Å². The van der Waals surface area contributed by atoms with Gasteiger partial charge in [0, 0.05) is 32.4 Å². The molecule has 0 spiro atoms. The molecular weight excluding hydrogens is 557 g/mol. The van der Waals surface area contributed by atoms with E-state index in [0.717, 1.165) is 58.2 Å². The third-order valence-corrected chi connectivity index (χ3v) is 7.49. The molecule has 10 nitrogen and oxygen atoms in total. The first-order valence-corrected chi connectivity index (χ1v) is 14.3. The predicted molar refractivity (Wildman–Crippen MR) is 150 cm³/mol. The Morgan fingerprint density at radius 2 is 1.68 bits per heavy atom. The van der Waals surface area contributed by atoms with E-state index in [0.29, 0.717) is 48.7 Å². The molecule has 0 aliphatic carbocycles. The molecular formula is C29H37ClFN3O7. The van der Waals surface area contributed by atoms with Crippen LogP contribution in [0.25, 0.3) is 0 Å². The zero-order valence-corrected chi connectivity index (χ0v) is 24.3. The Bertz CT molecular complexity index is 1200. The van der Waals surface area contributed by atoms with Crippen LogP contribution in [0.1, 0.15) is 52.8 Å². The highest BCUT2D eigenvalue weighted by atomic mass is 35.5. The number of fused-ring (bicyclic) bond motifs is 5. The lowest BCUT2D eigenvalue weighted by molar-refractivity contribution is 0.0220. The number of carbonyl (C=O) groups is 2. The molecule has 1 fully saturated rings. The number of methoxy groups -OCH3 is 2. The molecule has 0 amide bonds. The van der Waals surface area contributed by atoms with Crippen LogP contribution in [0.3, 0.4) is 0 Å². The lowest BCUT2D eigenvalue weighted by atomic mass is 10.1. The van der Waals surface area contributed by atoms with Crippen molar-refractivity contribution in [2.45, 2.75) is 38.2 Å². The molecule has 12 heteroatoms. The summed E-state index contributed by atoms with van der Waals surface area (Å²) in [5.41, 5.74) is 0.307. The van der Waals surface area contributed by atoms with E-state index in [4.69, 9.17) is 35.3 Å². The highest BCUT2D eigenvalue weighted by Gasteiger charge is 2.22. The van der Waals surface area contributed by atoms with Crippen molar-refractivity contribution in [3.05, 3.63) is 46.5 Å². The Morgan fingerprint density at radius 1 is 0.951 bits per heavy atom. The standard InChI is InChI=1S/C29H37ClFN3O7/c1-37-24-17-20-18-25(26(24)38-2)39-14-3-6-22(41-29(36)21-16-23(31)27(30)32-19-21)7-11-34-9-4-8-33(12-13-34)10-5-15-40-28(20)35/h16-19,22H,3-15H2,1-2H3. The summed E-state index contributed by atoms with van der Waals surface area (Å²) in [6.07, 6.45) is 4.19.